The summed E-state index contributed by atoms with van der Waals surface area (Å²) in [6.45, 7) is 2.41. The number of rotatable bonds is 11. The van der Waals surface area contributed by atoms with Gasteiger partial charge in [0.15, 0.2) is 11.5 Å². The average Bonchev–Trinajstić information content (AvgIpc) is 3.28. The van der Waals surface area contributed by atoms with Crippen molar-refractivity contribution in [2.24, 2.45) is 0 Å². The van der Waals surface area contributed by atoms with E-state index in [2.05, 4.69) is 22.5 Å². The van der Waals surface area contributed by atoms with Crippen LogP contribution >= 0.6 is 11.3 Å². The largest absolute Gasteiger partial charge is 0.493 e. The topological polar surface area (TPSA) is 89.6 Å². The van der Waals surface area contributed by atoms with Crippen LogP contribution in [-0.2, 0) is 11.4 Å². The lowest BCUT2D eigenvalue weighted by atomic mass is 9.91. The Kier molecular flexibility index (Phi) is 9.34. The standard InChI is InChI=1S/C24H33N3O4S/c1-3-4-5-10-22(28)25-17-11-13-18(14-12-17)26-24(29)19-16-32-23(27-19)15-31-21-9-7-6-8-20(21)30-2/h6-9,16-18H,3-5,10-15H2,1-2H3,(H,25,28)(H,26,29). The minimum atomic E-state index is -0.156. The Morgan fingerprint density at radius 1 is 1.06 bits per heavy atom. The molecular formula is C24H33N3O4S. The first kappa shape index (κ1) is 24.0. The normalized spacial score (nSPS) is 18.1. The number of carbonyl (C=O) groups is 2. The molecule has 1 saturated carbocycles. The summed E-state index contributed by atoms with van der Waals surface area (Å²) < 4.78 is 11.1. The quantitative estimate of drug-likeness (QED) is 0.484. The number of aromatic nitrogens is 1. The molecule has 174 valence electrons. The fourth-order valence-corrected chi connectivity index (χ4v) is 4.52. The van der Waals surface area contributed by atoms with Crippen molar-refractivity contribution in [3.05, 3.63) is 40.3 Å². The monoisotopic (exact) mass is 459 g/mol. The smallest absolute Gasteiger partial charge is 0.270 e. The molecule has 0 radical (unpaired) electrons. The van der Waals surface area contributed by atoms with Crippen molar-refractivity contribution < 1.29 is 19.1 Å². The summed E-state index contributed by atoms with van der Waals surface area (Å²) in [5.74, 6) is 1.30. The van der Waals surface area contributed by atoms with E-state index in [4.69, 9.17) is 9.47 Å². The molecule has 1 aliphatic carbocycles. The highest BCUT2D eigenvalue weighted by Crippen LogP contribution is 2.27. The molecule has 0 unspecified atom stereocenters. The predicted molar refractivity (Wildman–Crippen MR) is 125 cm³/mol. The molecule has 1 aromatic heterocycles. The van der Waals surface area contributed by atoms with Crippen LogP contribution < -0.4 is 20.1 Å². The van der Waals surface area contributed by atoms with Gasteiger partial charge in [0.2, 0.25) is 5.91 Å². The van der Waals surface area contributed by atoms with E-state index in [9.17, 15) is 9.59 Å². The molecule has 1 heterocycles. The zero-order valence-corrected chi connectivity index (χ0v) is 19.7. The SMILES string of the molecule is CCCCCC(=O)NC1CCC(NC(=O)c2csc(COc3ccccc3OC)n2)CC1. The molecule has 7 nitrogen and oxygen atoms in total. The van der Waals surface area contributed by atoms with Gasteiger partial charge in [0.1, 0.15) is 17.3 Å². The molecule has 1 aromatic carbocycles. The maximum atomic E-state index is 12.6. The maximum absolute atomic E-state index is 12.6. The average molecular weight is 460 g/mol. The van der Waals surface area contributed by atoms with E-state index >= 15 is 0 Å². The van der Waals surface area contributed by atoms with Crippen molar-refractivity contribution in [2.45, 2.75) is 77.0 Å². The number of ether oxygens (including phenoxy) is 2. The number of nitrogens with zero attached hydrogens (tertiary/aromatic N) is 1. The van der Waals surface area contributed by atoms with Crippen LogP contribution in [0.4, 0.5) is 0 Å². The number of methoxy groups -OCH3 is 1. The van der Waals surface area contributed by atoms with Crippen LogP contribution in [0.5, 0.6) is 11.5 Å². The van der Waals surface area contributed by atoms with Gasteiger partial charge in [-0.25, -0.2) is 4.98 Å². The van der Waals surface area contributed by atoms with E-state index in [1.165, 1.54) is 11.3 Å². The first-order chi connectivity index (χ1) is 15.6. The number of hydrogen-bond acceptors (Lipinski definition) is 6. The zero-order chi connectivity index (χ0) is 22.8. The highest BCUT2D eigenvalue weighted by Gasteiger charge is 2.24. The minimum Gasteiger partial charge on any atom is -0.493 e. The summed E-state index contributed by atoms with van der Waals surface area (Å²) in [7, 11) is 1.60. The lowest BCUT2D eigenvalue weighted by molar-refractivity contribution is -0.122. The molecule has 8 heteroatoms. The van der Waals surface area contributed by atoms with Crippen molar-refractivity contribution in [1.29, 1.82) is 0 Å². The van der Waals surface area contributed by atoms with Crippen molar-refractivity contribution in [3.8, 4) is 11.5 Å². The number of nitrogens with one attached hydrogen (secondary N) is 2. The van der Waals surface area contributed by atoms with Crippen LogP contribution in [0.3, 0.4) is 0 Å². The lowest BCUT2D eigenvalue weighted by Gasteiger charge is -2.29. The Morgan fingerprint density at radius 3 is 2.44 bits per heavy atom. The van der Waals surface area contributed by atoms with Crippen LogP contribution in [-0.4, -0.2) is 36.0 Å². The molecule has 0 spiro atoms. The number of thiazole rings is 1. The van der Waals surface area contributed by atoms with Crippen LogP contribution in [0.25, 0.3) is 0 Å². The van der Waals surface area contributed by atoms with E-state index in [1.807, 2.05) is 24.3 Å². The Bertz CT molecular complexity index is 878. The van der Waals surface area contributed by atoms with Gasteiger partial charge >= 0.3 is 0 Å². The molecule has 1 aliphatic rings. The van der Waals surface area contributed by atoms with Gasteiger partial charge in [0, 0.05) is 23.9 Å². The van der Waals surface area contributed by atoms with E-state index in [1.54, 1.807) is 12.5 Å². The van der Waals surface area contributed by atoms with Crippen molar-refractivity contribution in [3.63, 3.8) is 0 Å². The van der Waals surface area contributed by atoms with Gasteiger partial charge < -0.3 is 20.1 Å². The Balaban J connectivity index is 1.40. The number of carbonyl (C=O) groups excluding carboxylic acids is 2. The number of benzene rings is 1. The molecule has 3 rings (SSSR count). The van der Waals surface area contributed by atoms with Gasteiger partial charge in [0.05, 0.1) is 7.11 Å². The molecule has 2 aromatic rings. The van der Waals surface area contributed by atoms with Crippen LogP contribution in [0.1, 0.15) is 73.8 Å². The second-order valence-corrected chi connectivity index (χ2v) is 9.06. The third-order valence-electron chi connectivity index (χ3n) is 5.64. The summed E-state index contributed by atoms with van der Waals surface area (Å²) in [4.78, 5) is 29.0. The number of para-hydroxylation sites is 2. The number of hydrogen-bond donors (Lipinski definition) is 2. The van der Waals surface area contributed by atoms with Gasteiger partial charge in [-0.3, -0.25) is 9.59 Å². The van der Waals surface area contributed by atoms with E-state index < -0.39 is 0 Å². The molecule has 2 N–H and O–H groups in total. The fourth-order valence-electron chi connectivity index (χ4n) is 3.84. The Morgan fingerprint density at radius 2 is 1.75 bits per heavy atom. The van der Waals surface area contributed by atoms with Crippen LogP contribution in [0, 0.1) is 0 Å². The third kappa shape index (κ3) is 7.22. The van der Waals surface area contributed by atoms with Gasteiger partial charge in [-0.2, -0.15) is 0 Å². The molecule has 0 saturated heterocycles. The number of amides is 2. The molecule has 0 atom stereocenters. The molecular weight excluding hydrogens is 426 g/mol. The number of unbranched alkanes of at least 4 members (excludes halogenated alkanes) is 2. The van der Waals surface area contributed by atoms with Crippen LogP contribution in [0.2, 0.25) is 0 Å². The van der Waals surface area contributed by atoms with Crippen molar-refractivity contribution >= 4 is 23.2 Å². The summed E-state index contributed by atoms with van der Waals surface area (Å²) >= 11 is 1.40. The van der Waals surface area contributed by atoms with Gasteiger partial charge in [-0.15, -0.1) is 11.3 Å². The third-order valence-corrected chi connectivity index (χ3v) is 6.46. The summed E-state index contributed by atoms with van der Waals surface area (Å²) in [5, 5.41) is 8.72. The summed E-state index contributed by atoms with van der Waals surface area (Å²) in [5.41, 5.74) is 0.417. The first-order valence-electron chi connectivity index (χ1n) is 11.4. The first-order valence-corrected chi connectivity index (χ1v) is 12.3. The molecule has 2 amide bonds. The van der Waals surface area contributed by atoms with Gasteiger partial charge in [0.25, 0.3) is 5.91 Å². The second kappa shape index (κ2) is 12.4. The lowest BCUT2D eigenvalue weighted by Crippen LogP contribution is -2.43. The van der Waals surface area contributed by atoms with Crippen molar-refractivity contribution in [1.82, 2.24) is 15.6 Å². The van der Waals surface area contributed by atoms with Crippen LogP contribution in [0.15, 0.2) is 29.6 Å². The predicted octanol–water partition coefficient (Wildman–Crippen LogP) is 4.47. The van der Waals surface area contributed by atoms with Gasteiger partial charge in [-0.05, 0) is 44.2 Å². The van der Waals surface area contributed by atoms with E-state index in [0.717, 1.165) is 50.0 Å². The highest BCUT2D eigenvalue weighted by atomic mass is 32.1. The van der Waals surface area contributed by atoms with Gasteiger partial charge in [-0.1, -0.05) is 31.9 Å². The van der Waals surface area contributed by atoms with E-state index in [-0.39, 0.29) is 30.5 Å². The second-order valence-electron chi connectivity index (χ2n) is 8.11. The zero-order valence-electron chi connectivity index (χ0n) is 18.9. The van der Waals surface area contributed by atoms with E-state index in [0.29, 0.717) is 23.6 Å². The Hall–Kier alpha value is -2.61. The molecule has 1 fully saturated rings. The molecule has 0 bridgehead atoms. The molecule has 32 heavy (non-hydrogen) atoms. The Labute approximate surface area is 193 Å². The maximum Gasteiger partial charge on any atom is 0.270 e. The summed E-state index contributed by atoms with van der Waals surface area (Å²) in [6, 6.07) is 7.77. The molecule has 0 aliphatic heterocycles. The minimum absolute atomic E-state index is 0.116. The summed E-state index contributed by atoms with van der Waals surface area (Å²) in [6.07, 6.45) is 7.27. The van der Waals surface area contributed by atoms with Crippen molar-refractivity contribution in [2.75, 3.05) is 7.11 Å². The fraction of sp³-hybridized carbons (Fsp3) is 0.542. The highest BCUT2D eigenvalue weighted by molar-refractivity contribution is 7.09.